The molecule has 0 saturated carbocycles. The average Bonchev–Trinajstić information content (AvgIpc) is 2.97. The quantitative estimate of drug-likeness (QED) is 0.723. The minimum atomic E-state index is 0.359. The van der Waals surface area contributed by atoms with E-state index in [2.05, 4.69) is 82.1 Å². The van der Waals surface area contributed by atoms with E-state index < -0.39 is 0 Å². The summed E-state index contributed by atoms with van der Waals surface area (Å²) in [7, 11) is 2.16. The van der Waals surface area contributed by atoms with Crippen LogP contribution in [0.3, 0.4) is 0 Å². The summed E-state index contributed by atoms with van der Waals surface area (Å²) < 4.78 is 1.13. The third-order valence-electron chi connectivity index (χ3n) is 3.57. The van der Waals surface area contributed by atoms with Crippen molar-refractivity contribution in [3.63, 3.8) is 0 Å². The maximum absolute atomic E-state index is 3.60. The van der Waals surface area contributed by atoms with Crippen LogP contribution >= 0.6 is 27.3 Å². The fraction of sp³-hybridized carbons (Fsp3) is 0.412. The van der Waals surface area contributed by atoms with Gasteiger partial charge < -0.3 is 10.2 Å². The number of halogens is 1. The van der Waals surface area contributed by atoms with Crippen LogP contribution in [-0.4, -0.2) is 13.6 Å². The molecule has 0 saturated heterocycles. The second kappa shape index (κ2) is 7.97. The van der Waals surface area contributed by atoms with Gasteiger partial charge >= 0.3 is 0 Å². The SMILES string of the molecule is CCCNC(C)c1ccc(Br)cc1N(C)Cc1ccsc1. The number of anilines is 1. The van der Waals surface area contributed by atoms with E-state index in [1.807, 2.05) is 0 Å². The Labute approximate surface area is 140 Å². The predicted molar refractivity (Wildman–Crippen MR) is 97.3 cm³/mol. The van der Waals surface area contributed by atoms with Crippen molar-refractivity contribution in [1.82, 2.24) is 5.32 Å². The number of nitrogens with one attached hydrogen (secondary N) is 1. The summed E-state index contributed by atoms with van der Waals surface area (Å²) in [6.45, 7) is 6.42. The number of nitrogens with zero attached hydrogens (tertiary/aromatic N) is 1. The van der Waals surface area contributed by atoms with Gasteiger partial charge in [-0.1, -0.05) is 28.9 Å². The number of rotatable bonds is 7. The number of hydrogen-bond acceptors (Lipinski definition) is 3. The van der Waals surface area contributed by atoms with Crippen molar-refractivity contribution in [1.29, 1.82) is 0 Å². The highest BCUT2D eigenvalue weighted by molar-refractivity contribution is 9.10. The molecular formula is C17H23BrN2S. The smallest absolute Gasteiger partial charge is 0.0434 e. The van der Waals surface area contributed by atoms with E-state index in [1.54, 1.807) is 11.3 Å². The minimum Gasteiger partial charge on any atom is -0.370 e. The van der Waals surface area contributed by atoms with Crippen molar-refractivity contribution in [2.45, 2.75) is 32.9 Å². The molecule has 0 spiro atoms. The molecule has 1 unspecified atom stereocenters. The molecular weight excluding hydrogens is 344 g/mol. The average molecular weight is 367 g/mol. The van der Waals surface area contributed by atoms with Crippen molar-refractivity contribution in [2.24, 2.45) is 0 Å². The van der Waals surface area contributed by atoms with Gasteiger partial charge in [0.05, 0.1) is 0 Å². The lowest BCUT2D eigenvalue weighted by Crippen LogP contribution is -2.24. The molecule has 0 aliphatic rings. The van der Waals surface area contributed by atoms with E-state index in [4.69, 9.17) is 0 Å². The van der Waals surface area contributed by atoms with E-state index in [-0.39, 0.29) is 0 Å². The van der Waals surface area contributed by atoms with Crippen LogP contribution in [-0.2, 0) is 6.54 Å². The van der Waals surface area contributed by atoms with Crippen LogP contribution in [0.5, 0.6) is 0 Å². The first-order chi connectivity index (χ1) is 10.1. The molecule has 2 nitrogen and oxygen atoms in total. The van der Waals surface area contributed by atoms with Gasteiger partial charge in [-0.15, -0.1) is 0 Å². The Bertz CT molecular complexity index is 554. The van der Waals surface area contributed by atoms with Crippen molar-refractivity contribution >= 4 is 33.0 Å². The Morgan fingerprint density at radius 2 is 2.14 bits per heavy atom. The first-order valence-electron chi connectivity index (χ1n) is 7.37. The summed E-state index contributed by atoms with van der Waals surface area (Å²) in [6, 6.07) is 9.11. The van der Waals surface area contributed by atoms with Crippen molar-refractivity contribution in [3.8, 4) is 0 Å². The van der Waals surface area contributed by atoms with Crippen molar-refractivity contribution < 1.29 is 0 Å². The Hall–Kier alpha value is -0.840. The van der Waals surface area contributed by atoms with Crippen LogP contribution < -0.4 is 10.2 Å². The summed E-state index contributed by atoms with van der Waals surface area (Å²) in [5.74, 6) is 0. The van der Waals surface area contributed by atoms with E-state index >= 15 is 0 Å². The zero-order valence-electron chi connectivity index (χ0n) is 12.9. The predicted octanol–water partition coefficient (Wildman–Crippen LogP) is 5.21. The van der Waals surface area contributed by atoms with Gasteiger partial charge in [0.15, 0.2) is 0 Å². The molecule has 1 atom stereocenters. The van der Waals surface area contributed by atoms with Crippen LogP contribution in [0.1, 0.15) is 37.4 Å². The molecule has 0 amide bonds. The molecule has 114 valence electrons. The van der Waals surface area contributed by atoms with Crippen molar-refractivity contribution in [3.05, 3.63) is 50.6 Å². The molecule has 1 aromatic heterocycles. The Kier molecular flexibility index (Phi) is 6.27. The Morgan fingerprint density at radius 1 is 1.33 bits per heavy atom. The molecule has 1 heterocycles. The summed E-state index contributed by atoms with van der Waals surface area (Å²) in [5.41, 5.74) is 4.00. The van der Waals surface area contributed by atoms with Gasteiger partial charge in [-0.2, -0.15) is 11.3 Å². The van der Waals surface area contributed by atoms with Gasteiger partial charge in [0.25, 0.3) is 0 Å². The molecule has 1 aromatic carbocycles. The van der Waals surface area contributed by atoms with Crippen LogP contribution in [0, 0.1) is 0 Å². The topological polar surface area (TPSA) is 15.3 Å². The third kappa shape index (κ3) is 4.56. The highest BCUT2D eigenvalue weighted by Crippen LogP contribution is 2.30. The zero-order chi connectivity index (χ0) is 15.2. The summed E-state index contributed by atoms with van der Waals surface area (Å²) in [4.78, 5) is 2.33. The van der Waals surface area contributed by atoms with Gasteiger partial charge in [-0.3, -0.25) is 0 Å². The van der Waals surface area contributed by atoms with Crippen LogP contribution in [0.2, 0.25) is 0 Å². The van der Waals surface area contributed by atoms with Crippen LogP contribution in [0.4, 0.5) is 5.69 Å². The molecule has 2 aromatic rings. The van der Waals surface area contributed by atoms with E-state index in [1.165, 1.54) is 16.8 Å². The lowest BCUT2D eigenvalue weighted by molar-refractivity contribution is 0.570. The second-order valence-electron chi connectivity index (χ2n) is 5.37. The maximum atomic E-state index is 3.60. The lowest BCUT2D eigenvalue weighted by Gasteiger charge is -2.26. The molecule has 0 bridgehead atoms. The molecule has 4 heteroatoms. The molecule has 0 radical (unpaired) electrons. The molecule has 21 heavy (non-hydrogen) atoms. The van der Waals surface area contributed by atoms with Crippen LogP contribution in [0.15, 0.2) is 39.5 Å². The number of thiophene rings is 1. The standard InChI is InChI=1S/C17H23BrN2S/c1-4-8-19-13(2)16-6-5-15(18)10-17(16)20(3)11-14-7-9-21-12-14/h5-7,9-10,12-13,19H,4,8,11H2,1-3H3. The highest BCUT2D eigenvalue weighted by Gasteiger charge is 2.14. The van der Waals surface area contributed by atoms with Gasteiger partial charge in [0.2, 0.25) is 0 Å². The molecule has 0 aliphatic heterocycles. The van der Waals surface area contributed by atoms with Crippen molar-refractivity contribution in [2.75, 3.05) is 18.5 Å². The Balaban J connectivity index is 2.21. The first kappa shape index (κ1) is 16.5. The molecule has 2 rings (SSSR count). The molecule has 0 fully saturated rings. The van der Waals surface area contributed by atoms with Gasteiger partial charge in [0.1, 0.15) is 0 Å². The molecule has 1 N–H and O–H groups in total. The third-order valence-corrected chi connectivity index (χ3v) is 4.80. The van der Waals surface area contributed by atoms with Gasteiger partial charge in [0, 0.05) is 29.8 Å². The highest BCUT2D eigenvalue weighted by atomic mass is 79.9. The summed E-state index contributed by atoms with van der Waals surface area (Å²) >= 11 is 5.35. The zero-order valence-corrected chi connectivity index (χ0v) is 15.3. The fourth-order valence-corrected chi connectivity index (χ4v) is 3.43. The number of benzene rings is 1. The Morgan fingerprint density at radius 3 is 2.81 bits per heavy atom. The van der Waals surface area contributed by atoms with Gasteiger partial charge in [-0.25, -0.2) is 0 Å². The van der Waals surface area contributed by atoms with E-state index in [9.17, 15) is 0 Å². The van der Waals surface area contributed by atoms with E-state index in [0.717, 1.165) is 24.0 Å². The fourth-order valence-electron chi connectivity index (χ4n) is 2.43. The second-order valence-corrected chi connectivity index (χ2v) is 7.06. The molecule has 0 aliphatic carbocycles. The normalized spacial score (nSPS) is 12.4. The summed E-state index contributed by atoms with van der Waals surface area (Å²) in [6.07, 6.45) is 1.15. The summed E-state index contributed by atoms with van der Waals surface area (Å²) in [5, 5.41) is 7.93. The van der Waals surface area contributed by atoms with E-state index in [0.29, 0.717) is 6.04 Å². The van der Waals surface area contributed by atoms with Gasteiger partial charge in [-0.05, 0) is 60.0 Å². The monoisotopic (exact) mass is 366 g/mol. The number of hydrogen-bond donors (Lipinski definition) is 1. The lowest BCUT2D eigenvalue weighted by atomic mass is 10.0. The minimum absolute atomic E-state index is 0.359. The first-order valence-corrected chi connectivity index (χ1v) is 9.10. The van der Waals surface area contributed by atoms with Crippen LogP contribution in [0.25, 0.3) is 0 Å². The largest absolute Gasteiger partial charge is 0.370 e. The maximum Gasteiger partial charge on any atom is 0.0434 e.